The highest BCUT2D eigenvalue weighted by molar-refractivity contribution is 5.29. The van der Waals surface area contributed by atoms with Gasteiger partial charge >= 0.3 is 0 Å². The summed E-state index contributed by atoms with van der Waals surface area (Å²) in [5.41, 5.74) is 1.44. The fourth-order valence-corrected chi connectivity index (χ4v) is 3.60. The van der Waals surface area contributed by atoms with Crippen molar-refractivity contribution in [1.82, 2.24) is 4.90 Å². The molecule has 2 aliphatic rings. The Morgan fingerprint density at radius 2 is 1.78 bits per heavy atom. The SMILES string of the molecule is OC(COc1ccc(C2CCCCC2)cc1)CN1CCOCC1. The number of morpholine rings is 1. The molecule has 23 heavy (non-hydrogen) atoms. The van der Waals surface area contributed by atoms with Crippen LogP contribution in [0.25, 0.3) is 0 Å². The second-order valence-corrected chi connectivity index (χ2v) is 6.78. The molecule has 3 rings (SSSR count). The molecule has 1 aromatic rings. The predicted octanol–water partition coefficient (Wildman–Crippen LogP) is 2.81. The van der Waals surface area contributed by atoms with E-state index in [1.54, 1.807) is 0 Å². The van der Waals surface area contributed by atoms with Crippen molar-refractivity contribution >= 4 is 0 Å². The van der Waals surface area contributed by atoms with E-state index in [1.165, 1.54) is 37.7 Å². The van der Waals surface area contributed by atoms with Gasteiger partial charge in [0.05, 0.1) is 13.2 Å². The fourth-order valence-electron chi connectivity index (χ4n) is 3.60. The molecule has 1 saturated heterocycles. The summed E-state index contributed by atoms with van der Waals surface area (Å²) in [6, 6.07) is 8.48. The highest BCUT2D eigenvalue weighted by Gasteiger charge is 2.17. The van der Waals surface area contributed by atoms with E-state index in [0.29, 0.717) is 13.2 Å². The lowest BCUT2D eigenvalue weighted by Crippen LogP contribution is -2.42. The van der Waals surface area contributed by atoms with Crippen LogP contribution in [-0.4, -0.2) is 55.6 Å². The first-order valence-electron chi connectivity index (χ1n) is 9.02. The molecule has 1 unspecified atom stereocenters. The van der Waals surface area contributed by atoms with Gasteiger partial charge in [0, 0.05) is 19.6 Å². The molecule has 1 aliphatic heterocycles. The lowest BCUT2D eigenvalue weighted by atomic mass is 9.84. The van der Waals surface area contributed by atoms with Crippen LogP contribution in [0.2, 0.25) is 0 Å². The van der Waals surface area contributed by atoms with Crippen LogP contribution >= 0.6 is 0 Å². The Labute approximate surface area is 139 Å². The van der Waals surface area contributed by atoms with E-state index in [2.05, 4.69) is 17.0 Å². The van der Waals surface area contributed by atoms with Gasteiger partial charge in [0.1, 0.15) is 18.5 Å². The molecule has 1 aromatic carbocycles. The van der Waals surface area contributed by atoms with Crippen molar-refractivity contribution in [2.75, 3.05) is 39.5 Å². The van der Waals surface area contributed by atoms with Gasteiger partial charge in [-0.25, -0.2) is 0 Å². The zero-order valence-corrected chi connectivity index (χ0v) is 14.0. The van der Waals surface area contributed by atoms with E-state index in [4.69, 9.17) is 9.47 Å². The van der Waals surface area contributed by atoms with Crippen LogP contribution in [0.5, 0.6) is 5.75 Å². The minimum absolute atomic E-state index is 0.347. The quantitative estimate of drug-likeness (QED) is 0.875. The first-order chi connectivity index (χ1) is 11.3. The molecular formula is C19H29NO3. The molecule has 1 atom stereocenters. The molecule has 0 aromatic heterocycles. The summed E-state index contributed by atoms with van der Waals surface area (Å²) in [4.78, 5) is 2.23. The Balaban J connectivity index is 1.42. The highest BCUT2D eigenvalue weighted by atomic mass is 16.5. The minimum Gasteiger partial charge on any atom is -0.491 e. The van der Waals surface area contributed by atoms with Crippen LogP contribution in [0.3, 0.4) is 0 Å². The number of aliphatic hydroxyl groups excluding tert-OH is 1. The lowest BCUT2D eigenvalue weighted by Gasteiger charge is -2.28. The summed E-state index contributed by atoms with van der Waals surface area (Å²) in [5, 5.41) is 10.1. The fraction of sp³-hybridized carbons (Fsp3) is 0.684. The Morgan fingerprint density at radius 3 is 2.48 bits per heavy atom. The van der Waals surface area contributed by atoms with Crippen molar-refractivity contribution in [1.29, 1.82) is 0 Å². The number of nitrogens with zero attached hydrogens (tertiary/aromatic N) is 1. The maximum absolute atomic E-state index is 10.1. The second kappa shape index (κ2) is 8.67. The van der Waals surface area contributed by atoms with Crippen LogP contribution < -0.4 is 4.74 Å². The van der Waals surface area contributed by atoms with E-state index >= 15 is 0 Å². The Hall–Kier alpha value is -1.10. The summed E-state index contributed by atoms with van der Waals surface area (Å²) in [5.74, 6) is 1.58. The van der Waals surface area contributed by atoms with Crippen LogP contribution in [0.1, 0.15) is 43.6 Å². The van der Waals surface area contributed by atoms with Crippen molar-refractivity contribution in [2.24, 2.45) is 0 Å². The molecule has 0 radical (unpaired) electrons. The number of benzene rings is 1. The standard InChI is InChI=1S/C19H29NO3/c21-18(14-20-10-12-22-13-11-20)15-23-19-8-6-17(7-9-19)16-4-2-1-3-5-16/h6-9,16,18,21H,1-5,10-15H2. The first-order valence-corrected chi connectivity index (χ1v) is 9.02. The largest absolute Gasteiger partial charge is 0.491 e. The number of β-amino-alcohol motifs (C(OH)–C–C–N with tert-alkyl or cyclic N) is 1. The van der Waals surface area contributed by atoms with Crippen molar-refractivity contribution in [3.05, 3.63) is 29.8 Å². The summed E-state index contributed by atoms with van der Waals surface area (Å²) >= 11 is 0. The number of aliphatic hydroxyl groups is 1. The second-order valence-electron chi connectivity index (χ2n) is 6.78. The number of ether oxygens (including phenoxy) is 2. The molecular weight excluding hydrogens is 290 g/mol. The van der Waals surface area contributed by atoms with Gasteiger partial charge in [0.15, 0.2) is 0 Å². The van der Waals surface area contributed by atoms with Crippen LogP contribution in [-0.2, 0) is 4.74 Å². The van der Waals surface area contributed by atoms with Gasteiger partial charge in [-0.15, -0.1) is 0 Å². The van der Waals surface area contributed by atoms with Gasteiger partial charge in [-0.2, -0.15) is 0 Å². The summed E-state index contributed by atoms with van der Waals surface area (Å²) < 4.78 is 11.1. The van der Waals surface area contributed by atoms with E-state index in [-0.39, 0.29) is 0 Å². The molecule has 128 valence electrons. The van der Waals surface area contributed by atoms with Crippen molar-refractivity contribution in [3.63, 3.8) is 0 Å². The van der Waals surface area contributed by atoms with Crippen LogP contribution in [0.4, 0.5) is 0 Å². The summed E-state index contributed by atoms with van der Waals surface area (Å²) in [7, 11) is 0. The van der Waals surface area contributed by atoms with E-state index < -0.39 is 6.10 Å². The molecule has 1 N–H and O–H groups in total. The maximum atomic E-state index is 10.1. The van der Waals surface area contributed by atoms with Gasteiger partial charge in [-0.05, 0) is 36.5 Å². The highest BCUT2D eigenvalue weighted by Crippen LogP contribution is 2.33. The Bertz CT molecular complexity index is 450. The van der Waals surface area contributed by atoms with Gasteiger partial charge in [-0.3, -0.25) is 4.90 Å². The first kappa shape index (κ1) is 16.7. The zero-order valence-electron chi connectivity index (χ0n) is 14.0. The van der Waals surface area contributed by atoms with Crippen LogP contribution in [0, 0.1) is 0 Å². The van der Waals surface area contributed by atoms with Crippen molar-refractivity contribution in [3.8, 4) is 5.75 Å². The van der Waals surface area contributed by atoms with E-state index in [1.807, 2.05) is 12.1 Å². The molecule has 1 aliphatic carbocycles. The van der Waals surface area contributed by atoms with Gasteiger partial charge in [0.25, 0.3) is 0 Å². The molecule has 0 bridgehead atoms. The van der Waals surface area contributed by atoms with Crippen molar-refractivity contribution < 1.29 is 14.6 Å². The van der Waals surface area contributed by atoms with Gasteiger partial charge in [0.2, 0.25) is 0 Å². The molecule has 0 spiro atoms. The zero-order chi connectivity index (χ0) is 15.9. The normalized spacial score (nSPS) is 22.0. The number of rotatable bonds is 6. The molecule has 2 fully saturated rings. The number of hydrogen-bond acceptors (Lipinski definition) is 4. The Morgan fingerprint density at radius 1 is 1.09 bits per heavy atom. The molecule has 1 saturated carbocycles. The van der Waals surface area contributed by atoms with Gasteiger partial charge < -0.3 is 14.6 Å². The third-order valence-electron chi connectivity index (χ3n) is 4.97. The molecule has 4 heteroatoms. The molecule has 0 amide bonds. The predicted molar refractivity (Wildman–Crippen MR) is 91.0 cm³/mol. The third-order valence-corrected chi connectivity index (χ3v) is 4.97. The monoisotopic (exact) mass is 319 g/mol. The van der Waals surface area contributed by atoms with E-state index in [0.717, 1.165) is 38.0 Å². The minimum atomic E-state index is -0.453. The van der Waals surface area contributed by atoms with E-state index in [9.17, 15) is 5.11 Å². The smallest absolute Gasteiger partial charge is 0.119 e. The number of hydrogen-bond donors (Lipinski definition) is 1. The Kier molecular flexibility index (Phi) is 6.31. The molecule has 4 nitrogen and oxygen atoms in total. The third kappa shape index (κ3) is 5.20. The van der Waals surface area contributed by atoms with Crippen molar-refractivity contribution in [2.45, 2.75) is 44.1 Å². The summed E-state index contributed by atoms with van der Waals surface area (Å²) in [6.07, 6.45) is 6.29. The van der Waals surface area contributed by atoms with Gasteiger partial charge in [-0.1, -0.05) is 31.4 Å². The summed E-state index contributed by atoms with van der Waals surface area (Å²) in [6.45, 7) is 4.32. The lowest BCUT2D eigenvalue weighted by molar-refractivity contribution is 0.00465. The maximum Gasteiger partial charge on any atom is 0.119 e. The average molecular weight is 319 g/mol. The van der Waals surface area contributed by atoms with Crippen LogP contribution in [0.15, 0.2) is 24.3 Å². The molecule has 1 heterocycles. The average Bonchev–Trinajstić information content (AvgIpc) is 2.62. The topological polar surface area (TPSA) is 41.9 Å².